The van der Waals surface area contributed by atoms with Crippen molar-refractivity contribution in [2.45, 2.75) is 31.6 Å². The number of carboxylic acid groups (broad SMARTS) is 1. The SMILES string of the molecule is CCC(NC(=O)C(C)SCC(=O)Nc1ccc(F)cc1)C(=O)O. The average Bonchev–Trinajstić information content (AvgIpc) is 2.51. The second-order valence-electron chi connectivity index (χ2n) is 4.82. The summed E-state index contributed by atoms with van der Waals surface area (Å²) in [6.07, 6.45) is 0.281. The molecule has 2 atom stereocenters. The van der Waals surface area contributed by atoms with Gasteiger partial charge in [-0.3, -0.25) is 9.59 Å². The Balaban J connectivity index is 2.40. The van der Waals surface area contributed by atoms with Crippen LogP contribution < -0.4 is 10.6 Å². The molecule has 3 N–H and O–H groups in total. The summed E-state index contributed by atoms with van der Waals surface area (Å²) in [5.41, 5.74) is 0.464. The molecule has 0 heterocycles. The number of hydrogen-bond donors (Lipinski definition) is 3. The van der Waals surface area contributed by atoms with Crippen LogP contribution in [0.2, 0.25) is 0 Å². The normalized spacial score (nSPS) is 13.0. The Kier molecular flexibility index (Phi) is 7.53. The second kappa shape index (κ2) is 9.14. The monoisotopic (exact) mass is 342 g/mol. The van der Waals surface area contributed by atoms with Gasteiger partial charge in [-0.15, -0.1) is 11.8 Å². The van der Waals surface area contributed by atoms with Crippen LogP contribution in [0.5, 0.6) is 0 Å². The minimum absolute atomic E-state index is 0.0236. The first-order chi connectivity index (χ1) is 10.8. The van der Waals surface area contributed by atoms with Crippen molar-refractivity contribution in [3.05, 3.63) is 30.1 Å². The van der Waals surface area contributed by atoms with Gasteiger partial charge >= 0.3 is 5.97 Å². The predicted molar refractivity (Wildman–Crippen MR) is 86.8 cm³/mol. The van der Waals surface area contributed by atoms with Gasteiger partial charge in [0, 0.05) is 5.69 Å². The number of carbonyl (C=O) groups is 3. The maximum absolute atomic E-state index is 12.8. The van der Waals surface area contributed by atoms with Crippen LogP contribution in [0.15, 0.2) is 24.3 Å². The Morgan fingerprint density at radius 1 is 1.26 bits per heavy atom. The van der Waals surface area contributed by atoms with E-state index in [9.17, 15) is 18.8 Å². The number of nitrogens with one attached hydrogen (secondary N) is 2. The fourth-order valence-corrected chi connectivity index (χ4v) is 2.33. The zero-order chi connectivity index (χ0) is 17.4. The Morgan fingerprint density at radius 3 is 2.39 bits per heavy atom. The van der Waals surface area contributed by atoms with Crippen molar-refractivity contribution in [1.82, 2.24) is 5.32 Å². The fraction of sp³-hybridized carbons (Fsp3) is 0.400. The number of carbonyl (C=O) groups excluding carboxylic acids is 2. The number of thioether (sulfide) groups is 1. The van der Waals surface area contributed by atoms with Crippen molar-refractivity contribution < 1.29 is 23.9 Å². The van der Waals surface area contributed by atoms with E-state index in [0.29, 0.717) is 5.69 Å². The molecule has 0 aliphatic rings. The van der Waals surface area contributed by atoms with Crippen molar-refractivity contribution in [2.75, 3.05) is 11.1 Å². The van der Waals surface area contributed by atoms with Crippen molar-refractivity contribution in [3.8, 4) is 0 Å². The molecule has 0 spiro atoms. The van der Waals surface area contributed by atoms with E-state index < -0.39 is 29.0 Å². The summed E-state index contributed by atoms with van der Waals surface area (Å²) >= 11 is 1.09. The largest absolute Gasteiger partial charge is 0.480 e. The van der Waals surface area contributed by atoms with Crippen molar-refractivity contribution >= 4 is 35.2 Å². The van der Waals surface area contributed by atoms with Gasteiger partial charge in [0.15, 0.2) is 0 Å². The molecule has 0 aromatic heterocycles. The molecule has 0 fully saturated rings. The molecule has 23 heavy (non-hydrogen) atoms. The summed E-state index contributed by atoms with van der Waals surface area (Å²) < 4.78 is 12.8. The van der Waals surface area contributed by atoms with E-state index >= 15 is 0 Å². The van der Waals surface area contributed by atoms with Gasteiger partial charge in [-0.05, 0) is 37.6 Å². The molecule has 0 bridgehead atoms. The molecule has 0 aliphatic heterocycles. The number of anilines is 1. The van der Waals surface area contributed by atoms with Crippen LogP contribution >= 0.6 is 11.8 Å². The van der Waals surface area contributed by atoms with Gasteiger partial charge in [0.1, 0.15) is 11.9 Å². The van der Waals surface area contributed by atoms with E-state index in [1.54, 1.807) is 13.8 Å². The van der Waals surface area contributed by atoms with Crippen LogP contribution in [-0.2, 0) is 14.4 Å². The van der Waals surface area contributed by atoms with Crippen LogP contribution in [0.25, 0.3) is 0 Å². The van der Waals surface area contributed by atoms with Crippen molar-refractivity contribution in [1.29, 1.82) is 0 Å². The van der Waals surface area contributed by atoms with Gasteiger partial charge in [-0.25, -0.2) is 9.18 Å². The molecule has 1 rings (SSSR count). The maximum Gasteiger partial charge on any atom is 0.326 e. The molecule has 0 aliphatic carbocycles. The topological polar surface area (TPSA) is 95.5 Å². The third-order valence-corrected chi connectivity index (χ3v) is 4.13. The molecule has 0 radical (unpaired) electrons. The molecular formula is C15H19FN2O4S. The van der Waals surface area contributed by atoms with E-state index in [1.807, 2.05) is 0 Å². The Hall–Kier alpha value is -2.09. The molecular weight excluding hydrogens is 323 g/mol. The molecule has 0 saturated carbocycles. The van der Waals surface area contributed by atoms with E-state index in [0.717, 1.165) is 11.8 Å². The summed E-state index contributed by atoms with van der Waals surface area (Å²) in [7, 11) is 0. The average molecular weight is 342 g/mol. The standard InChI is InChI=1S/C15H19FN2O4S/c1-3-12(15(21)22)18-14(20)9(2)23-8-13(19)17-11-6-4-10(16)5-7-11/h4-7,9,12H,3,8H2,1-2H3,(H,17,19)(H,18,20)(H,21,22). The van der Waals surface area contributed by atoms with Gasteiger partial charge in [0.2, 0.25) is 11.8 Å². The number of carboxylic acids is 1. The highest BCUT2D eigenvalue weighted by Crippen LogP contribution is 2.13. The summed E-state index contributed by atoms with van der Waals surface area (Å²) in [6, 6.07) is 4.41. The predicted octanol–water partition coefficient (Wildman–Crippen LogP) is 1.87. The van der Waals surface area contributed by atoms with E-state index in [1.165, 1.54) is 24.3 Å². The van der Waals surface area contributed by atoms with Gasteiger partial charge < -0.3 is 15.7 Å². The highest BCUT2D eigenvalue weighted by Gasteiger charge is 2.22. The van der Waals surface area contributed by atoms with Crippen LogP contribution in [-0.4, -0.2) is 39.9 Å². The summed E-state index contributed by atoms with van der Waals surface area (Å²) in [6.45, 7) is 3.26. The molecule has 2 amide bonds. The molecule has 2 unspecified atom stereocenters. The minimum Gasteiger partial charge on any atom is -0.480 e. The third-order valence-electron chi connectivity index (χ3n) is 2.98. The number of benzene rings is 1. The number of rotatable bonds is 8. The van der Waals surface area contributed by atoms with Crippen LogP contribution in [0.4, 0.5) is 10.1 Å². The van der Waals surface area contributed by atoms with E-state index in [4.69, 9.17) is 5.11 Å². The van der Waals surface area contributed by atoms with Crippen molar-refractivity contribution in [2.24, 2.45) is 0 Å². The zero-order valence-corrected chi connectivity index (χ0v) is 13.7. The fourth-order valence-electron chi connectivity index (χ4n) is 1.63. The first-order valence-electron chi connectivity index (χ1n) is 7.03. The molecule has 1 aromatic rings. The minimum atomic E-state index is -1.09. The maximum atomic E-state index is 12.8. The van der Waals surface area contributed by atoms with Crippen molar-refractivity contribution in [3.63, 3.8) is 0 Å². The third kappa shape index (κ3) is 6.68. The number of aliphatic carboxylic acids is 1. The molecule has 126 valence electrons. The quantitative estimate of drug-likeness (QED) is 0.670. The van der Waals surface area contributed by atoms with E-state index in [-0.39, 0.29) is 18.1 Å². The number of halogens is 1. The second-order valence-corrected chi connectivity index (χ2v) is 6.15. The van der Waals surface area contributed by atoms with Crippen LogP contribution in [0, 0.1) is 5.82 Å². The lowest BCUT2D eigenvalue weighted by Gasteiger charge is -2.16. The lowest BCUT2D eigenvalue weighted by molar-refractivity contribution is -0.141. The Morgan fingerprint density at radius 2 is 1.87 bits per heavy atom. The summed E-state index contributed by atoms with van der Waals surface area (Å²) in [5, 5.41) is 13.3. The van der Waals surface area contributed by atoms with Crippen LogP contribution in [0.1, 0.15) is 20.3 Å². The van der Waals surface area contributed by atoms with Gasteiger partial charge in [-0.1, -0.05) is 6.92 Å². The first-order valence-corrected chi connectivity index (χ1v) is 8.08. The highest BCUT2D eigenvalue weighted by molar-refractivity contribution is 8.01. The van der Waals surface area contributed by atoms with Gasteiger partial charge in [0.25, 0.3) is 0 Å². The molecule has 8 heteroatoms. The zero-order valence-electron chi connectivity index (χ0n) is 12.8. The Bertz CT molecular complexity index is 565. The van der Waals surface area contributed by atoms with Gasteiger partial charge in [0.05, 0.1) is 11.0 Å². The number of amides is 2. The Labute approximate surface area is 137 Å². The molecule has 0 saturated heterocycles. The summed E-state index contributed by atoms with van der Waals surface area (Å²) in [5.74, 6) is -2.22. The summed E-state index contributed by atoms with van der Waals surface area (Å²) in [4.78, 5) is 34.5. The highest BCUT2D eigenvalue weighted by atomic mass is 32.2. The lowest BCUT2D eigenvalue weighted by atomic mass is 10.2. The lowest BCUT2D eigenvalue weighted by Crippen LogP contribution is -2.43. The van der Waals surface area contributed by atoms with E-state index in [2.05, 4.69) is 10.6 Å². The smallest absolute Gasteiger partial charge is 0.326 e. The number of hydrogen-bond acceptors (Lipinski definition) is 4. The van der Waals surface area contributed by atoms with Crippen LogP contribution in [0.3, 0.4) is 0 Å². The molecule has 1 aromatic carbocycles. The molecule has 6 nitrogen and oxygen atoms in total. The van der Waals surface area contributed by atoms with Gasteiger partial charge in [-0.2, -0.15) is 0 Å². The first kappa shape index (κ1) is 19.0.